The van der Waals surface area contributed by atoms with E-state index in [9.17, 15) is 9.59 Å². The molecule has 8 nitrogen and oxygen atoms in total. The number of nitrogens with zero attached hydrogens (tertiary/aromatic N) is 5. The van der Waals surface area contributed by atoms with E-state index < -0.39 is 12.1 Å². The Morgan fingerprint density at radius 2 is 1.90 bits per heavy atom. The first-order chi connectivity index (χ1) is 14.6. The SMILES string of the molecule is CC(OC(=O)c1ccc(Cn2cncn2)cc1)C(=O)N(CCC#N)c1ccccc1. The zero-order valence-corrected chi connectivity index (χ0v) is 16.5. The summed E-state index contributed by atoms with van der Waals surface area (Å²) in [5.74, 6) is -0.968. The summed E-state index contributed by atoms with van der Waals surface area (Å²) in [6, 6.07) is 17.9. The van der Waals surface area contributed by atoms with Crippen LogP contribution in [-0.2, 0) is 16.1 Å². The molecule has 0 aliphatic rings. The van der Waals surface area contributed by atoms with Crippen molar-refractivity contribution in [1.29, 1.82) is 5.26 Å². The average molecular weight is 403 g/mol. The van der Waals surface area contributed by atoms with Crippen molar-refractivity contribution >= 4 is 17.6 Å². The molecule has 1 aromatic heterocycles. The molecular formula is C22H21N5O3. The second-order valence-electron chi connectivity index (χ2n) is 6.57. The van der Waals surface area contributed by atoms with E-state index in [1.807, 2.05) is 12.1 Å². The molecule has 0 N–H and O–H groups in total. The summed E-state index contributed by atoms with van der Waals surface area (Å²) < 4.78 is 7.06. The van der Waals surface area contributed by atoms with E-state index in [1.165, 1.54) is 18.2 Å². The number of nitriles is 1. The Morgan fingerprint density at radius 1 is 1.17 bits per heavy atom. The molecule has 1 atom stereocenters. The van der Waals surface area contributed by atoms with Crippen LogP contribution >= 0.6 is 0 Å². The lowest BCUT2D eigenvalue weighted by atomic mass is 10.1. The topological polar surface area (TPSA) is 101 Å². The third-order valence-corrected chi connectivity index (χ3v) is 4.41. The van der Waals surface area contributed by atoms with Gasteiger partial charge in [-0.1, -0.05) is 30.3 Å². The number of para-hydroxylation sites is 1. The Balaban J connectivity index is 1.64. The highest BCUT2D eigenvalue weighted by molar-refractivity contribution is 5.99. The molecule has 1 unspecified atom stereocenters. The van der Waals surface area contributed by atoms with Crippen molar-refractivity contribution in [3.05, 3.63) is 78.4 Å². The molecule has 0 fully saturated rings. The van der Waals surface area contributed by atoms with Gasteiger partial charge in [-0.25, -0.2) is 14.5 Å². The number of rotatable bonds is 8. The van der Waals surface area contributed by atoms with Crippen LogP contribution in [0.1, 0.15) is 29.3 Å². The quantitative estimate of drug-likeness (QED) is 0.536. The van der Waals surface area contributed by atoms with Crippen molar-refractivity contribution in [2.75, 3.05) is 11.4 Å². The standard InChI is InChI=1S/C22H21N5O3/c1-17(21(28)27(13-5-12-23)20-6-3-2-4-7-20)30-22(29)19-10-8-18(9-11-19)14-26-16-24-15-25-26/h2-4,6-11,15-17H,5,13-14H2,1H3. The molecule has 1 heterocycles. The van der Waals surface area contributed by atoms with Crippen LogP contribution in [-0.4, -0.2) is 39.3 Å². The molecule has 8 heteroatoms. The van der Waals surface area contributed by atoms with E-state index in [1.54, 1.807) is 59.5 Å². The molecule has 0 bridgehead atoms. The highest BCUT2D eigenvalue weighted by atomic mass is 16.5. The van der Waals surface area contributed by atoms with Crippen molar-refractivity contribution in [3.63, 3.8) is 0 Å². The van der Waals surface area contributed by atoms with Crippen LogP contribution in [0.3, 0.4) is 0 Å². The largest absolute Gasteiger partial charge is 0.449 e. The van der Waals surface area contributed by atoms with Gasteiger partial charge in [0.05, 0.1) is 24.6 Å². The summed E-state index contributed by atoms with van der Waals surface area (Å²) in [5, 5.41) is 12.9. The lowest BCUT2D eigenvalue weighted by Gasteiger charge is -2.25. The maximum absolute atomic E-state index is 12.9. The van der Waals surface area contributed by atoms with Gasteiger partial charge >= 0.3 is 5.97 Å². The first-order valence-electron chi connectivity index (χ1n) is 9.44. The van der Waals surface area contributed by atoms with Gasteiger partial charge in [0.15, 0.2) is 6.10 Å². The fourth-order valence-corrected chi connectivity index (χ4v) is 2.88. The molecule has 0 spiro atoms. The molecule has 0 saturated heterocycles. The van der Waals surface area contributed by atoms with Gasteiger partial charge in [0, 0.05) is 12.2 Å². The van der Waals surface area contributed by atoms with Crippen molar-refractivity contribution < 1.29 is 14.3 Å². The zero-order chi connectivity index (χ0) is 21.3. The number of hydrogen-bond acceptors (Lipinski definition) is 6. The molecular weight excluding hydrogens is 382 g/mol. The van der Waals surface area contributed by atoms with E-state index in [0.29, 0.717) is 17.8 Å². The molecule has 0 aliphatic carbocycles. The summed E-state index contributed by atoms with van der Waals surface area (Å²) in [7, 11) is 0. The summed E-state index contributed by atoms with van der Waals surface area (Å²) in [6.07, 6.45) is 2.25. The normalized spacial score (nSPS) is 11.3. The number of carbonyl (C=O) groups excluding carboxylic acids is 2. The minimum absolute atomic E-state index is 0.175. The molecule has 3 rings (SSSR count). The molecule has 0 saturated carbocycles. The first-order valence-corrected chi connectivity index (χ1v) is 9.44. The lowest BCUT2D eigenvalue weighted by Crippen LogP contribution is -2.40. The zero-order valence-electron chi connectivity index (χ0n) is 16.5. The number of carbonyl (C=O) groups is 2. The Hall–Kier alpha value is -3.99. The minimum Gasteiger partial charge on any atom is -0.449 e. The lowest BCUT2D eigenvalue weighted by molar-refractivity contribution is -0.126. The second-order valence-corrected chi connectivity index (χ2v) is 6.57. The third kappa shape index (κ3) is 5.29. The summed E-state index contributed by atoms with van der Waals surface area (Å²) >= 11 is 0. The van der Waals surface area contributed by atoms with Crippen molar-refractivity contribution in [2.45, 2.75) is 26.0 Å². The summed E-state index contributed by atoms with van der Waals surface area (Å²) in [5.41, 5.74) is 1.95. The Bertz CT molecular complexity index is 1010. The number of hydrogen-bond donors (Lipinski definition) is 0. The van der Waals surface area contributed by atoms with Gasteiger partial charge < -0.3 is 9.64 Å². The smallest absolute Gasteiger partial charge is 0.338 e. The van der Waals surface area contributed by atoms with Crippen LogP contribution in [0, 0.1) is 11.3 Å². The second kappa shape index (κ2) is 9.98. The van der Waals surface area contributed by atoms with Crippen molar-refractivity contribution in [3.8, 4) is 6.07 Å². The van der Waals surface area contributed by atoms with Gasteiger partial charge in [-0.3, -0.25) is 4.79 Å². The van der Waals surface area contributed by atoms with Crippen LogP contribution in [0.25, 0.3) is 0 Å². The Kier molecular flexibility index (Phi) is 6.90. The van der Waals surface area contributed by atoms with E-state index in [4.69, 9.17) is 10.00 Å². The molecule has 0 radical (unpaired) electrons. The van der Waals surface area contributed by atoms with Gasteiger partial charge in [-0.15, -0.1) is 0 Å². The van der Waals surface area contributed by atoms with Gasteiger partial charge in [0.25, 0.3) is 5.91 Å². The van der Waals surface area contributed by atoms with E-state index in [-0.39, 0.29) is 18.9 Å². The molecule has 3 aromatic rings. The minimum atomic E-state index is -0.994. The van der Waals surface area contributed by atoms with Crippen LogP contribution in [0.2, 0.25) is 0 Å². The van der Waals surface area contributed by atoms with Crippen molar-refractivity contribution in [1.82, 2.24) is 14.8 Å². The highest BCUT2D eigenvalue weighted by Crippen LogP contribution is 2.17. The molecule has 2 aromatic carbocycles. The maximum Gasteiger partial charge on any atom is 0.338 e. The van der Waals surface area contributed by atoms with Crippen LogP contribution < -0.4 is 4.90 Å². The van der Waals surface area contributed by atoms with Crippen LogP contribution in [0.4, 0.5) is 5.69 Å². The Morgan fingerprint density at radius 3 is 2.53 bits per heavy atom. The molecule has 1 amide bonds. The van der Waals surface area contributed by atoms with Crippen molar-refractivity contribution in [2.24, 2.45) is 0 Å². The van der Waals surface area contributed by atoms with Crippen LogP contribution in [0.15, 0.2) is 67.3 Å². The number of esters is 1. The predicted molar refractivity (Wildman–Crippen MR) is 109 cm³/mol. The number of anilines is 1. The highest BCUT2D eigenvalue weighted by Gasteiger charge is 2.25. The van der Waals surface area contributed by atoms with Gasteiger partial charge in [-0.05, 0) is 36.8 Å². The van der Waals surface area contributed by atoms with E-state index in [0.717, 1.165) is 5.56 Å². The molecule has 0 aliphatic heterocycles. The summed E-state index contributed by atoms with van der Waals surface area (Å²) in [6.45, 7) is 2.29. The monoisotopic (exact) mass is 403 g/mol. The Labute approximate surface area is 174 Å². The van der Waals surface area contributed by atoms with Crippen LogP contribution in [0.5, 0.6) is 0 Å². The average Bonchev–Trinajstić information content (AvgIpc) is 3.28. The van der Waals surface area contributed by atoms with E-state index >= 15 is 0 Å². The van der Waals surface area contributed by atoms with E-state index in [2.05, 4.69) is 10.1 Å². The molecule has 30 heavy (non-hydrogen) atoms. The first kappa shape index (κ1) is 20.7. The number of benzene rings is 2. The fourth-order valence-electron chi connectivity index (χ4n) is 2.88. The molecule has 152 valence electrons. The predicted octanol–water partition coefficient (Wildman–Crippen LogP) is 2.82. The summed E-state index contributed by atoms with van der Waals surface area (Å²) in [4.78, 5) is 30.7. The number of aromatic nitrogens is 3. The number of amides is 1. The van der Waals surface area contributed by atoms with Gasteiger partial charge in [0.2, 0.25) is 0 Å². The third-order valence-electron chi connectivity index (χ3n) is 4.41. The fraction of sp³-hybridized carbons (Fsp3) is 0.227. The maximum atomic E-state index is 12.9. The number of ether oxygens (including phenoxy) is 1. The van der Waals surface area contributed by atoms with Gasteiger partial charge in [-0.2, -0.15) is 10.4 Å². The van der Waals surface area contributed by atoms with Gasteiger partial charge in [0.1, 0.15) is 12.7 Å².